The molecule has 0 fully saturated rings. The number of nitrogens with one attached hydrogen (secondary N) is 1. The van der Waals surface area contributed by atoms with Crippen LogP contribution in [0.3, 0.4) is 0 Å². The molecule has 17 heavy (non-hydrogen) atoms. The molecule has 0 unspecified atom stereocenters. The van der Waals surface area contributed by atoms with Crippen LogP contribution >= 0.6 is 15.9 Å². The third-order valence-electron chi connectivity index (χ3n) is 3.52. The summed E-state index contributed by atoms with van der Waals surface area (Å²) in [7, 11) is 0. The summed E-state index contributed by atoms with van der Waals surface area (Å²) in [6.07, 6.45) is 1.87. The van der Waals surface area contributed by atoms with Crippen LogP contribution < -0.4 is 5.32 Å². The number of hydrogen-bond donors (Lipinski definition) is 2. The van der Waals surface area contributed by atoms with Crippen LogP contribution in [0.4, 0.5) is 0 Å². The van der Waals surface area contributed by atoms with E-state index in [1.165, 1.54) is 11.1 Å². The molecule has 0 atom stereocenters. The second-order valence-electron chi connectivity index (χ2n) is 4.59. The highest BCUT2D eigenvalue weighted by Gasteiger charge is 2.24. The van der Waals surface area contributed by atoms with Gasteiger partial charge in [0, 0.05) is 16.6 Å². The van der Waals surface area contributed by atoms with E-state index in [4.69, 9.17) is 0 Å². The number of hydrogen-bond acceptors (Lipinski definition) is 2. The van der Waals surface area contributed by atoms with Crippen molar-refractivity contribution in [1.29, 1.82) is 0 Å². The second kappa shape index (κ2) is 6.53. The Morgan fingerprint density at radius 2 is 1.94 bits per heavy atom. The Balaban J connectivity index is 2.72. The Kier molecular flexibility index (Phi) is 5.63. The predicted molar refractivity (Wildman–Crippen MR) is 76.1 cm³/mol. The first-order chi connectivity index (χ1) is 8.06. The van der Waals surface area contributed by atoms with Crippen LogP contribution in [0.5, 0.6) is 0 Å². The highest BCUT2D eigenvalue weighted by atomic mass is 79.9. The normalized spacial score (nSPS) is 11.8. The van der Waals surface area contributed by atoms with E-state index in [1.54, 1.807) is 0 Å². The Morgan fingerprint density at radius 1 is 1.29 bits per heavy atom. The number of aliphatic hydroxyl groups excluding tert-OH is 1. The summed E-state index contributed by atoms with van der Waals surface area (Å²) in [4.78, 5) is 0. The standard InChI is InChI=1S/C14H22BrNO/c1-4-14(5-2,10-17)16-9-12-7-6-11(3)8-13(12)15/h6-8,16-17H,4-5,9-10H2,1-3H3. The molecule has 0 saturated carbocycles. The fraction of sp³-hybridized carbons (Fsp3) is 0.571. The lowest BCUT2D eigenvalue weighted by molar-refractivity contribution is 0.149. The highest BCUT2D eigenvalue weighted by Crippen LogP contribution is 2.20. The fourth-order valence-electron chi connectivity index (χ4n) is 1.86. The van der Waals surface area contributed by atoms with Crippen LogP contribution in [0.1, 0.15) is 37.8 Å². The molecular weight excluding hydrogens is 278 g/mol. The van der Waals surface area contributed by atoms with Gasteiger partial charge < -0.3 is 10.4 Å². The van der Waals surface area contributed by atoms with Crippen molar-refractivity contribution >= 4 is 15.9 Å². The molecule has 1 rings (SSSR count). The second-order valence-corrected chi connectivity index (χ2v) is 5.45. The molecule has 0 aliphatic rings. The van der Waals surface area contributed by atoms with Gasteiger partial charge in [-0.1, -0.05) is 41.9 Å². The molecule has 2 N–H and O–H groups in total. The maximum Gasteiger partial charge on any atom is 0.0613 e. The average molecular weight is 300 g/mol. The van der Waals surface area contributed by atoms with Gasteiger partial charge >= 0.3 is 0 Å². The van der Waals surface area contributed by atoms with Crippen molar-refractivity contribution in [3.8, 4) is 0 Å². The Bertz CT molecular complexity index is 353. The van der Waals surface area contributed by atoms with Crippen LogP contribution in [0.15, 0.2) is 22.7 Å². The molecule has 0 spiro atoms. The summed E-state index contributed by atoms with van der Waals surface area (Å²) in [5.74, 6) is 0. The molecule has 3 heteroatoms. The summed E-state index contributed by atoms with van der Waals surface area (Å²) in [5.41, 5.74) is 2.33. The first-order valence-corrected chi connectivity index (χ1v) is 6.97. The number of halogens is 1. The molecule has 0 amide bonds. The SMILES string of the molecule is CCC(CC)(CO)NCc1ccc(C)cc1Br. The predicted octanol–water partition coefficient (Wildman–Crippen LogP) is 3.40. The minimum Gasteiger partial charge on any atom is -0.394 e. The van der Waals surface area contributed by atoms with Gasteiger partial charge in [-0.2, -0.15) is 0 Å². The van der Waals surface area contributed by atoms with Crippen LogP contribution in [0, 0.1) is 6.92 Å². The number of aliphatic hydroxyl groups is 1. The Hall–Kier alpha value is -0.380. The minimum atomic E-state index is -0.148. The molecule has 1 aromatic carbocycles. The lowest BCUT2D eigenvalue weighted by Gasteiger charge is -2.31. The van der Waals surface area contributed by atoms with E-state index in [2.05, 4.69) is 60.2 Å². The Morgan fingerprint density at radius 3 is 2.41 bits per heavy atom. The van der Waals surface area contributed by atoms with Crippen molar-refractivity contribution in [3.05, 3.63) is 33.8 Å². The number of rotatable bonds is 6. The van der Waals surface area contributed by atoms with Crippen molar-refractivity contribution in [2.45, 2.75) is 45.7 Å². The van der Waals surface area contributed by atoms with Gasteiger partial charge in [-0.25, -0.2) is 0 Å². The van der Waals surface area contributed by atoms with Gasteiger partial charge in [0.25, 0.3) is 0 Å². The zero-order valence-corrected chi connectivity index (χ0v) is 12.5. The van der Waals surface area contributed by atoms with E-state index < -0.39 is 0 Å². The van der Waals surface area contributed by atoms with E-state index in [0.29, 0.717) is 0 Å². The minimum absolute atomic E-state index is 0.148. The third-order valence-corrected chi connectivity index (χ3v) is 4.26. The molecule has 0 aliphatic heterocycles. The Labute approximate surface area is 113 Å². The molecule has 2 nitrogen and oxygen atoms in total. The summed E-state index contributed by atoms with van der Waals surface area (Å²) in [6, 6.07) is 6.36. The fourth-order valence-corrected chi connectivity index (χ4v) is 2.49. The summed E-state index contributed by atoms with van der Waals surface area (Å²) >= 11 is 3.58. The lowest BCUT2D eigenvalue weighted by Crippen LogP contribution is -2.47. The van der Waals surface area contributed by atoms with Crippen LogP contribution in [-0.4, -0.2) is 17.3 Å². The van der Waals surface area contributed by atoms with Crippen LogP contribution in [0.2, 0.25) is 0 Å². The van der Waals surface area contributed by atoms with E-state index in [9.17, 15) is 5.11 Å². The van der Waals surface area contributed by atoms with E-state index in [-0.39, 0.29) is 12.1 Å². The molecular formula is C14H22BrNO. The van der Waals surface area contributed by atoms with Gasteiger partial charge in [0.2, 0.25) is 0 Å². The maximum absolute atomic E-state index is 9.49. The topological polar surface area (TPSA) is 32.3 Å². The summed E-state index contributed by atoms with van der Waals surface area (Å²) in [6.45, 7) is 7.26. The number of benzene rings is 1. The quantitative estimate of drug-likeness (QED) is 0.844. The van der Waals surface area contributed by atoms with Gasteiger partial charge in [0.05, 0.1) is 6.61 Å². The van der Waals surface area contributed by atoms with Crippen molar-refractivity contribution in [2.24, 2.45) is 0 Å². The maximum atomic E-state index is 9.49. The lowest BCUT2D eigenvalue weighted by atomic mass is 9.93. The highest BCUT2D eigenvalue weighted by molar-refractivity contribution is 9.10. The first kappa shape index (κ1) is 14.7. The summed E-state index contributed by atoms with van der Waals surface area (Å²) < 4.78 is 1.13. The monoisotopic (exact) mass is 299 g/mol. The van der Waals surface area contributed by atoms with Crippen molar-refractivity contribution in [3.63, 3.8) is 0 Å². The van der Waals surface area contributed by atoms with Crippen molar-refractivity contribution in [1.82, 2.24) is 5.32 Å². The zero-order valence-electron chi connectivity index (χ0n) is 10.9. The summed E-state index contributed by atoms with van der Waals surface area (Å²) in [5, 5.41) is 13.0. The molecule has 0 radical (unpaired) electrons. The van der Waals surface area contributed by atoms with Crippen LogP contribution in [-0.2, 0) is 6.54 Å². The van der Waals surface area contributed by atoms with Gasteiger partial charge in [-0.3, -0.25) is 0 Å². The van der Waals surface area contributed by atoms with Gasteiger partial charge in [-0.05, 0) is 37.0 Å². The van der Waals surface area contributed by atoms with Gasteiger partial charge in [0.1, 0.15) is 0 Å². The molecule has 1 aromatic rings. The van der Waals surface area contributed by atoms with Crippen LogP contribution in [0.25, 0.3) is 0 Å². The molecule has 0 heterocycles. The van der Waals surface area contributed by atoms with E-state index in [0.717, 1.165) is 23.9 Å². The van der Waals surface area contributed by atoms with Gasteiger partial charge in [0.15, 0.2) is 0 Å². The van der Waals surface area contributed by atoms with E-state index in [1.807, 2.05) is 0 Å². The van der Waals surface area contributed by atoms with Crippen molar-refractivity contribution < 1.29 is 5.11 Å². The average Bonchev–Trinajstić information content (AvgIpc) is 2.33. The molecule has 0 aromatic heterocycles. The van der Waals surface area contributed by atoms with Gasteiger partial charge in [-0.15, -0.1) is 0 Å². The van der Waals surface area contributed by atoms with E-state index >= 15 is 0 Å². The first-order valence-electron chi connectivity index (χ1n) is 6.18. The zero-order chi connectivity index (χ0) is 12.9. The number of aryl methyl sites for hydroxylation is 1. The largest absolute Gasteiger partial charge is 0.394 e. The molecule has 0 aliphatic carbocycles. The molecule has 0 bridgehead atoms. The molecule has 0 saturated heterocycles. The molecule has 96 valence electrons. The smallest absolute Gasteiger partial charge is 0.0613 e. The third kappa shape index (κ3) is 3.80. The van der Waals surface area contributed by atoms with Crippen molar-refractivity contribution in [2.75, 3.05) is 6.61 Å².